The fourth-order valence-electron chi connectivity index (χ4n) is 3.77. The molecule has 0 fully saturated rings. The van der Waals surface area contributed by atoms with Crippen molar-refractivity contribution in [3.63, 3.8) is 0 Å². The quantitative estimate of drug-likeness (QED) is 0.215. The summed E-state index contributed by atoms with van der Waals surface area (Å²) in [6.07, 6.45) is 6.43. The van der Waals surface area contributed by atoms with Crippen LogP contribution in [0.15, 0.2) is 47.6 Å². The summed E-state index contributed by atoms with van der Waals surface area (Å²) in [4.78, 5) is 4.72. The maximum absolute atomic E-state index is 5.33. The lowest BCUT2D eigenvalue weighted by Crippen LogP contribution is -2.03. The number of rotatable bonds is 10. The Hall–Kier alpha value is -3.68. The minimum absolute atomic E-state index is 0.354. The van der Waals surface area contributed by atoms with E-state index < -0.39 is 0 Å². The standard InChI is InChI=1S/C24H28N6O2/c1-4-5-6-9-14-30-19-11-8-7-10-18(19)22-23(30)26-24(29-27-22)28-25-16-17-12-13-20(31-2)21(15-17)32-3/h7-8,10-13,15-16H,4-6,9,14H2,1-3H3,(H,26,28,29)/b25-16+. The highest BCUT2D eigenvalue weighted by atomic mass is 16.5. The van der Waals surface area contributed by atoms with E-state index in [1.165, 1.54) is 19.3 Å². The molecule has 8 nitrogen and oxygen atoms in total. The minimum Gasteiger partial charge on any atom is -0.493 e. The van der Waals surface area contributed by atoms with Gasteiger partial charge in [0.1, 0.15) is 5.52 Å². The van der Waals surface area contributed by atoms with Gasteiger partial charge in [0.15, 0.2) is 17.1 Å². The summed E-state index contributed by atoms with van der Waals surface area (Å²) in [7, 11) is 3.21. The van der Waals surface area contributed by atoms with E-state index in [1.54, 1.807) is 20.4 Å². The summed E-state index contributed by atoms with van der Waals surface area (Å²) < 4.78 is 12.8. The second-order valence-electron chi connectivity index (χ2n) is 7.52. The molecule has 0 radical (unpaired) electrons. The highest BCUT2D eigenvalue weighted by molar-refractivity contribution is 6.04. The summed E-state index contributed by atoms with van der Waals surface area (Å²) in [5, 5.41) is 14.0. The van der Waals surface area contributed by atoms with Crippen LogP contribution in [0.3, 0.4) is 0 Å². The summed E-state index contributed by atoms with van der Waals surface area (Å²) in [5.41, 5.74) is 6.52. The third-order valence-corrected chi connectivity index (χ3v) is 5.40. The predicted molar refractivity (Wildman–Crippen MR) is 128 cm³/mol. The number of hydrogen-bond acceptors (Lipinski definition) is 7. The summed E-state index contributed by atoms with van der Waals surface area (Å²) in [6, 6.07) is 13.8. The Bertz CT molecular complexity index is 1230. The van der Waals surface area contributed by atoms with Crippen LogP contribution in [0.4, 0.5) is 5.95 Å². The highest BCUT2D eigenvalue weighted by Gasteiger charge is 2.14. The maximum Gasteiger partial charge on any atom is 0.265 e. The Morgan fingerprint density at radius 2 is 1.84 bits per heavy atom. The van der Waals surface area contributed by atoms with E-state index in [0.29, 0.717) is 17.4 Å². The Balaban J connectivity index is 1.58. The number of aryl methyl sites for hydroxylation is 1. The lowest BCUT2D eigenvalue weighted by Gasteiger charge is -2.07. The molecule has 2 aromatic heterocycles. The monoisotopic (exact) mass is 432 g/mol. The molecule has 0 aliphatic heterocycles. The number of para-hydroxylation sites is 1. The molecule has 0 saturated heterocycles. The first-order chi connectivity index (χ1) is 15.7. The number of unbranched alkanes of at least 4 members (excludes halogenated alkanes) is 3. The van der Waals surface area contributed by atoms with E-state index in [-0.39, 0.29) is 0 Å². The molecule has 0 aliphatic rings. The van der Waals surface area contributed by atoms with Gasteiger partial charge < -0.3 is 14.0 Å². The number of nitrogens with one attached hydrogen (secondary N) is 1. The Labute approximate surface area is 187 Å². The van der Waals surface area contributed by atoms with E-state index in [0.717, 1.165) is 40.6 Å². The van der Waals surface area contributed by atoms with Crippen molar-refractivity contribution in [1.82, 2.24) is 19.7 Å². The topological polar surface area (TPSA) is 86.5 Å². The fraction of sp³-hybridized carbons (Fsp3) is 0.333. The van der Waals surface area contributed by atoms with Gasteiger partial charge in [-0.3, -0.25) is 0 Å². The van der Waals surface area contributed by atoms with Crippen molar-refractivity contribution < 1.29 is 9.47 Å². The van der Waals surface area contributed by atoms with Crippen molar-refractivity contribution in [1.29, 1.82) is 0 Å². The molecule has 0 spiro atoms. The van der Waals surface area contributed by atoms with Gasteiger partial charge in [-0.15, -0.1) is 10.2 Å². The van der Waals surface area contributed by atoms with Crippen molar-refractivity contribution in [3.05, 3.63) is 48.0 Å². The SMILES string of the molecule is CCCCCCn1c2ccccc2c2nnc(N/N=C/c3ccc(OC)c(OC)c3)nc21. The first kappa shape index (κ1) is 21.5. The molecular weight excluding hydrogens is 404 g/mol. The fourth-order valence-corrected chi connectivity index (χ4v) is 3.77. The number of anilines is 1. The molecule has 1 N–H and O–H groups in total. The van der Waals surface area contributed by atoms with Crippen LogP contribution in [0.2, 0.25) is 0 Å². The number of hydrogen-bond donors (Lipinski definition) is 1. The average molecular weight is 433 g/mol. The van der Waals surface area contributed by atoms with E-state index in [2.05, 4.69) is 44.3 Å². The third kappa shape index (κ3) is 4.49. The zero-order valence-corrected chi connectivity index (χ0v) is 18.7. The van der Waals surface area contributed by atoms with Crippen LogP contribution in [-0.4, -0.2) is 40.2 Å². The van der Waals surface area contributed by atoms with Gasteiger partial charge in [0.05, 0.1) is 26.0 Å². The number of aromatic nitrogens is 4. The molecule has 0 aliphatic carbocycles. The van der Waals surface area contributed by atoms with E-state index in [9.17, 15) is 0 Å². The minimum atomic E-state index is 0.354. The third-order valence-electron chi connectivity index (χ3n) is 5.40. The van der Waals surface area contributed by atoms with Gasteiger partial charge >= 0.3 is 0 Å². The highest BCUT2D eigenvalue weighted by Crippen LogP contribution is 2.28. The van der Waals surface area contributed by atoms with Crippen LogP contribution in [-0.2, 0) is 6.54 Å². The zero-order valence-electron chi connectivity index (χ0n) is 18.7. The molecule has 2 aromatic carbocycles. The van der Waals surface area contributed by atoms with Gasteiger partial charge in [-0.25, -0.2) is 5.43 Å². The largest absolute Gasteiger partial charge is 0.493 e. The Morgan fingerprint density at radius 1 is 1.00 bits per heavy atom. The second kappa shape index (κ2) is 10.1. The van der Waals surface area contributed by atoms with Crippen LogP contribution >= 0.6 is 0 Å². The lowest BCUT2D eigenvalue weighted by molar-refractivity contribution is 0.355. The van der Waals surface area contributed by atoms with E-state index in [1.807, 2.05) is 30.3 Å². The molecule has 2 heterocycles. The smallest absolute Gasteiger partial charge is 0.265 e. The van der Waals surface area contributed by atoms with Gasteiger partial charge in [-0.2, -0.15) is 10.1 Å². The van der Waals surface area contributed by atoms with Gasteiger partial charge in [-0.1, -0.05) is 44.4 Å². The Kier molecular flexibility index (Phi) is 6.79. The van der Waals surface area contributed by atoms with Crippen molar-refractivity contribution >= 4 is 34.2 Å². The molecule has 0 unspecified atom stereocenters. The molecular formula is C24H28N6O2. The number of benzene rings is 2. The maximum atomic E-state index is 5.33. The number of fused-ring (bicyclic) bond motifs is 3. The van der Waals surface area contributed by atoms with Crippen LogP contribution in [0.1, 0.15) is 38.2 Å². The molecule has 4 rings (SSSR count). The van der Waals surface area contributed by atoms with Crippen molar-refractivity contribution in [3.8, 4) is 11.5 Å². The number of nitrogens with zero attached hydrogens (tertiary/aromatic N) is 5. The van der Waals surface area contributed by atoms with Gasteiger partial charge in [0, 0.05) is 11.9 Å². The molecule has 32 heavy (non-hydrogen) atoms. The summed E-state index contributed by atoms with van der Waals surface area (Å²) in [5.74, 6) is 1.66. The van der Waals surface area contributed by atoms with Crippen LogP contribution in [0.25, 0.3) is 22.1 Å². The van der Waals surface area contributed by atoms with E-state index >= 15 is 0 Å². The molecule has 0 bridgehead atoms. The van der Waals surface area contributed by atoms with Gasteiger partial charge in [-0.05, 0) is 36.2 Å². The molecule has 4 aromatic rings. The lowest BCUT2D eigenvalue weighted by atomic mass is 10.2. The van der Waals surface area contributed by atoms with E-state index in [4.69, 9.17) is 14.5 Å². The Morgan fingerprint density at radius 3 is 2.66 bits per heavy atom. The first-order valence-corrected chi connectivity index (χ1v) is 10.9. The van der Waals surface area contributed by atoms with Crippen LogP contribution in [0, 0.1) is 0 Å². The van der Waals surface area contributed by atoms with Crippen molar-refractivity contribution in [2.75, 3.05) is 19.6 Å². The van der Waals surface area contributed by atoms with Crippen molar-refractivity contribution in [2.45, 2.75) is 39.2 Å². The average Bonchev–Trinajstić information content (AvgIpc) is 3.14. The van der Waals surface area contributed by atoms with Gasteiger partial charge in [0.25, 0.3) is 5.95 Å². The molecule has 8 heteroatoms. The number of methoxy groups -OCH3 is 2. The molecule has 166 valence electrons. The summed E-state index contributed by atoms with van der Waals surface area (Å²) >= 11 is 0. The molecule has 0 saturated carbocycles. The second-order valence-corrected chi connectivity index (χ2v) is 7.52. The molecule has 0 atom stereocenters. The molecule has 0 amide bonds. The summed E-state index contributed by atoms with van der Waals surface area (Å²) in [6.45, 7) is 3.12. The number of ether oxygens (including phenoxy) is 2. The normalized spacial score (nSPS) is 11.5. The van der Waals surface area contributed by atoms with Gasteiger partial charge in [0.2, 0.25) is 0 Å². The zero-order chi connectivity index (χ0) is 22.3. The number of hydrazone groups is 1. The predicted octanol–water partition coefficient (Wildman–Crippen LogP) is 5.02. The first-order valence-electron chi connectivity index (χ1n) is 10.9. The van der Waals surface area contributed by atoms with Crippen molar-refractivity contribution in [2.24, 2.45) is 5.10 Å². The van der Waals surface area contributed by atoms with Crippen LogP contribution in [0.5, 0.6) is 11.5 Å². The van der Waals surface area contributed by atoms with Crippen LogP contribution < -0.4 is 14.9 Å².